The second kappa shape index (κ2) is 5.05. The van der Waals surface area contributed by atoms with Gasteiger partial charge in [-0.2, -0.15) is 0 Å². The summed E-state index contributed by atoms with van der Waals surface area (Å²) in [5.41, 5.74) is 0.459. The summed E-state index contributed by atoms with van der Waals surface area (Å²) < 4.78 is 28.0. The van der Waals surface area contributed by atoms with Crippen LogP contribution in [0, 0.1) is 0 Å². The van der Waals surface area contributed by atoms with Crippen LogP contribution in [0.3, 0.4) is 0 Å². The Bertz CT molecular complexity index is 640. The molecule has 0 fully saturated rings. The number of pyridine rings is 1. The van der Waals surface area contributed by atoms with Crippen LogP contribution in [0.4, 0.5) is 5.69 Å². The maximum Gasteiger partial charge on any atom is 0.272 e. The van der Waals surface area contributed by atoms with Gasteiger partial charge in [0.2, 0.25) is 0 Å². The molecule has 0 aliphatic carbocycles. The number of sulfonamides is 1. The third-order valence-corrected chi connectivity index (χ3v) is 6.51. The summed E-state index contributed by atoms with van der Waals surface area (Å²) in [5.74, 6) is 0. The van der Waals surface area contributed by atoms with Crippen LogP contribution >= 0.6 is 43.2 Å². The first kappa shape index (κ1) is 13.0. The molecule has 0 saturated heterocycles. The van der Waals surface area contributed by atoms with Crippen molar-refractivity contribution in [3.8, 4) is 0 Å². The third kappa shape index (κ3) is 2.87. The van der Waals surface area contributed by atoms with E-state index in [-0.39, 0.29) is 4.21 Å². The number of rotatable bonds is 3. The third-order valence-electron chi connectivity index (χ3n) is 1.85. The molecular formula is C9H6Br2N2O2S2. The van der Waals surface area contributed by atoms with Gasteiger partial charge in [0.1, 0.15) is 0 Å². The van der Waals surface area contributed by atoms with E-state index in [0.717, 1.165) is 11.3 Å². The molecule has 4 nitrogen and oxygen atoms in total. The summed E-state index contributed by atoms with van der Waals surface area (Å²) in [6.45, 7) is 0. The van der Waals surface area contributed by atoms with Crippen LogP contribution in [-0.4, -0.2) is 13.4 Å². The van der Waals surface area contributed by atoms with E-state index in [2.05, 4.69) is 41.6 Å². The lowest BCUT2D eigenvalue weighted by molar-refractivity contribution is 0.603. The van der Waals surface area contributed by atoms with Crippen molar-refractivity contribution in [2.45, 2.75) is 4.21 Å². The molecule has 0 radical (unpaired) electrons. The zero-order valence-corrected chi connectivity index (χ0v) is 13.0. The monoisotopic (exact) mass is 396 g/mol. The molecule has 0 aliphatic heterocycles. The number of halogens is 2. The average Bonchev–Trinajstić information content (AvgIpc) is 2.68. The van der Waals surface area contributed by atoms with Gasteiger partial charge in [-0.25, -0.2) is 8.42 Å². The van der Waals surface area contributed by atoms with Crippen molar-refractivity contribution in [2.75, 3.05) is 4.72 Å². The van der Waals surface area contributed by atoms with E-state index < -0.39 is 10.0 Å². The highest BCUT2D eigenvalue weighted by Gasteiger charge is 2.20. The molecule has 0 amide bonds. The average molecular weight is 398 g/mol. The summed E-state index contributed by atoms with van der Waals surface area (Å²) in [6.07, 6.45) is 3.05. The normalized spacial score (nSPS) is 11.4. The number of anilines is 1. The van der Waals surface area contributed by atoms with E-state index in [9.17, 15) is 8.42 Å². The molecule has 8 heteroatoms. The fourth-order valence-electron chi connectivity index (χ4n) is 1.12. The second-order valence-corrected chi connectivity index (χ2v) is 7.52. The molecule has 2 heterocycles. The topological polar surface area (TPSA) is 59.1 Å². The van der Waals surface area contributed by atoms with Crippen molar-refractivity contribution >= 4 is 58.9 Å². The number of hydrogen-bond donors (Lipinski definition) is 1. The Labute approximate surface area is 119 Å². The SMILES string of the molecule is O=S(=O)(Nc1ccncc1Br)c1sccc1Br. The van der Waals surface area contributed by atoms with Gasteiger partial charge >= 0.3 is 0 Å². The summed E-state index contributed by atoms with van der Waals surface area (Å²) in [5, 5.41) is 1.71. The Balaban J connectivity index is 2.37. The first-order valence-electron chi connectivity index (χ1n) is 4.36. The van der Waals surface area contributed by atoms with Gasteiger partial charge in [0.05, 0.1) is 10.2 Å². The Morgan fingerprint density at radius 2 is 2.00 bits per heavy atom. The molecular weight excluding hydrogens is 392 g/mol. The molecule has 2 aromatic rings. The molecule has 0 spiro atoms. The highest BCUT2D eigenvalue weighted by Crippen LogP contribution is 2.30. The Kier molecular flexibility index (Phi) is 3.86. The molecule has 2 aromatic heterocycles. The Morgan fingerprint density at radius 1 is 1.24 bits per heavy atom. The minimum absolute atomic E-state index is 0.251. The highest BCUT2D eigenvalue weighted by molar-refractivity contribution is 9.11. The van der Waals surface area contributed by atoms with Crippen LogP contribution < -0.4 is 4.72 Å². The van der Waals surface area contributed by atoms with Crippen molar-refractivity contribution in [2.24, 2.45) is 0 Å². The van der Waals surface area contributed by atoms with Crippen LogP contribution in [0.1, 0.15) is 0 Å². The summed E-state index contributed by atoms with van der Waals surface area (Å²) in [4.78, 5) is 3.87. The summed E-state index contributed by atoms with van der Waals surface area (Å²) in [6, 6.07) is 3.28. The standard InChI is InChI=1S/C9H6Br2N2O2S2/c10-6-2-4-16-9(6)17(14,15)13-8-1-3-12-5-7(8)11/h1-5H,(H,12,13). The van der Waals surface area contributed by atoms with Crippen molar-refractivity contribution < 1.29 is 8.42 Å². The summed E-state index contributed by atoms with van der Waals surface area (Å²) in [7, 11) is -3.56. The van der Waals surface area contributed by atoms with Gasteiger partial charge in [-0.15, -0.1) is 11.3 Å². The van der Waals surface area contributed by atoms with Gasteiger partial charge in [-0.3, -0.25) is 9.71 Å². The van der Waals surface area contributed by atoms with Crippen LogP contribution in [0.2, 0.25) is 0 Å². The minimum Gasteiger partial charge on any atom is -0.278 e. The lowest BCUT2D eigenvalue weighted by Gasteiger charge is -2.07. The van der Waals surface area contributed by atoms with Crippen LogP contribution in [0.25, 0.3) is 0 Å². The molecule has 2 rings (SSSR count). The molecule has 0 atom stereocenters. The number of nitrogens with one attached hydrogen (secondary N) is 1. The van der Waals surface area contributed by atoms with Crippen molar-refractivity contribution in [3.05, 3.63) is 38.9 Å². The van der Waals surface area contributed by atoms with Crippen LogP contribution in [-0.2, 0) is 10.0 Å². The van der Waals surface area contributed by atoms with Gasteiger partial charge < -0.3 is 0 Å². The highest BCUT2D eigenvalue weighted by atomic mass is 79.9. The largest absolute Gasteiger partial charge is 0.278 e. The van der Waals surface area contributed by atoms with Gasteiger partial charge in [0, 0.05) is 16.9 Å². The zero-order chi connectivity index (χ0) is 12.5. The van der Waals surface area contributed by atoms with Gasteiger partial charge in [-0.1, -0.05) is 0 Å². The molecule has 0 unspecified atom stereocenters. The van der Waals surface area contributed by atoms with Crippen molar-refractivity contribution in [1.82, 2.24) is 4.98 Å². The molecule has 0 aromatic carbocycles. The lowest BCUT2D eigenvalue weighted by atomic mass is 10.4. The fraction of sp³-hybridized carbons (Fsp3) is 0. The molecule has 17 heavy (non-hydrogen) atoms. The maximum atomic E-state index is 12.1. The van der Waals surface area contributed by atoms with E-state index in [0.29, 0.717) is 14.6 Å². The molecule has 0 bridgehead atoms. The molecule has 0 saturated carbocycles. The number of aromatic nitrogens is 1. The molecule has 0 aliphatic rings. The van der Waals surface area contributed by atoms with E-state index in [1.165, 1.54) is 12.4 Å². The van der Waals surface area contributed by atoms with Crippen LogP contribution in [0.15, 0.2) is 43.1 Å². The molecule has 1 N–H and O–H groups in total. The second-order valence-electron chi connectivity index (χ2n) is 3.02. The number of thiophene rings is 1. The zero-order valence-electron chi connectivity index (χ0n) is 8.22. The predicted molar refractivity (Wildman–Crippen MR) is 74.8 cm³/mol. The Hall–Kier alpha value is -0.440. The van der Waals surface area contributed by atoms with Gasteiger partial charge in [0.25, 0.3) is 10.0 Å². The first-order chi connectivity index (χ1) is 8.00. The van der Waals surface area contributed by atoms with E-state index >= 15 is 0 Å². The Morgan fingerprint density at radius 3 is 2.59 bits per heavy atom. The number of nitrogens with zero attached hydrogens (tertiary/aromatic N) is 1. The van der Waals surface area contributed by atoms with E-state index in [1.54, 1.807) is 17.5 Å². The summed E-state index contributed by atoms with van der Waals surface area (Å²) >= 11 is 7.59. The lowest BCUT2D eigenvalue weighted by Crippen LogP contribution is -2.12. The molecule has 90 valence electrons. The van der Waals surface area contributed by atoms with Crippen molar-refractivity contribution in [1.29, 1.82) is 0 Å². The van der Waals surface area contributed by atoms with E-state index in [4.69, 9.17) is 0 Å². The fourth-order valence-corrected chi connectivity index (χ4v) is 5.02. The smallest absolute Gasteiger partial charge is 0.272 e. The quantitative estimate of drug-likeness (QED) is 0.862. The van der Waals surface area contributed by atoms with Gasteiger partial charge in [0.15, 0.2) is 4.21 Å². The van der Waals surface area contributed by atoms with E-state index in [1.807, 2.05) is 0 Å². The number of hydrogen-bond acceptors (Lipinski definition) is 4. The maximum absolute atomic E-state index is 12.1. The van der Waals surface area contributed by atoms with Gasteiger partial charge in [-0.05, 0) is 49.4 Å². The van der Waals surface area contributed by atoms with Crippen LogP contribution in [0.5, 0.6) is 0 Å². The minimum atomic E-state index is -3.56. The van der Waals surface area contributed by atoms with Crippen molar-refractivity contribution in [3.63, 3.8) is 0 Å². The predicted octanol–water partition coefficient (Wildman–Crippen LogP) is 3.47. The first-order valence-corrected chi connectivity index (χ1v) is 8.31.